The highest BCUT2D eigenvalue weighted by molar-refractivity contribution is 6.25. The van der Waals surface area contributed by atoms with Gasteiger partial charge in [0.05, 0.1) is 40.5 Å². The van der Waals surface area contributed by atoms with Crippen LogP contribution >= 0.6 is 0 Å². The number of anilines is 6. The van der Waals surface area contributed by atoms with Crippen molar-refractivity contribution < 1.29 is 33.9 Å². The Kier molecular flexibility index (Phi) is 12.8. The van der Waals surface area contributed by atoms with Crippen LogP contribution in [0, 0.1) is 5.41 Å². The van der Waals surface area contributed by atoms with Crippen molar-refractivity contribution in [1.82, 2.24) is 34.2 Å². The van der Waals surface area contributed by atoms with Gasteiger partial charge in [-0.05, 0) is 105 Å². The minimum absolute atomic E-state index is 0.00788. The standard InChI is InChI=1S/C56H62N12O8/c1-7-46(70)59-39-25-34(58-49-55(76)62(6)29-40(60-49)36-15-17-57-50(38(36)30-69)67-22-21-66-44(53(67)74)24-33-26-56(4,5)27-45(33)66)11-12-41(39)65-20-19-63(28-32(65)3)35-16-18-64(31(2)23-35)42-10-8-9-37-48(42)54(75)68(52(37)73)43-13-14-47(71)61-51(43)72/h7-12,15,17,24-25,29,31-32,35,43,69H,1,13-14,16,18-23,26-28,30H2,2-6H3,(H,58,60)(H,59,70)(H,61,71,72)/t31-,32+,35?,43?/m1/s1. The number of aromatic nitrogens is 4. The highest BCUT2D eigenvalue weighted by Gasteiger charge is 2.47. The minimum Gasteiger partial charge on any atom is -0.392 e. The zero-order valence-corrected chi connectivity index (χ0v) is 43.4. The first-order chi connectivity index (χ1) is 36.4. The van der Waals surface area contributed by atoms with E-state index in [-0.39, 0.29) is 53.7 Å². The number of amides is 6. The van der Waals surface area contributed by atoms with Gasteiger partial charge in [-0.2, -0.15) is 0 Å². The van der Waals surface area contributed by atoms with Crippen molar-refractivity contribution in [3.63, 3.8) is 0 Å². The van der Waals surface area contributed by atoms with Crippen LogP contribution in [0.3, 0.4) is 0 Å². The number of aliphatic hydroxyl groups is 1. The van der Waals surface area contributed by atoms with Crippen LogP contribution < -0.4 is 36.2 Å². The molecular formula is C56H62N12O8. The highest BCUT2D eigenvalue weighted by Crippen LogP contribution is 2.42. The molecule has 3 saturated heterocycles. The molecule has 5 aliphatic heterocycles. The van der Waals surface area contributed by atoms with Crippen LogP contribution in [0.25, 0.3) is 11.3 Å². The van der Waals surface area contributed by atoms with E-state index in [9.17, 15) is 38.7 Å². The molecule has 2 aromatic carbocycles. The van der Waals surface area contributed by atoms with Gasteiger partial charge < -0.3 is 34.7 Å². The largest absolute Gasteiger partial charge is 0.392 e. The minimum atomic E-state index is -1.04. The fourth-order valence-corrected chi connectivity index (χ4v) is 12.6. The van der Waals surface area contributed by atoms with E-state index in [1.54, 1.807) is 48.6 Å². The summed E-state index contributed by atoms with van der Waals surface area (Å²) >= 11 is 0. The third-order valence-electron chi connectivity index (χ3n) is 16.2. The van der Waals surface area contributed by atoms with E-state index < -0.39 is 47.7 Å². The Morgan fingerprint density at radius 2 is 1.70 bits per heavy atom. The maximum atomic E-state index is 14.1. The molecule has 76 heavy (non-hydrogen) atoms. The number of aliphatic hydroxyl groups excluding tert-OH is 1. The summed E-state index contributed by atoms with van der Waals surface area (Å²) in [5.74, 6) is -2.35. The van der Waals surface area contributed by atoms with Gasteiger partial charge in [0.15, 0.2) is 5.82 Å². The molecular weight excluding hydrogens is 969 g/mol. The summed E-state index contributed by atoms with van der Waals surface area (Å²) in [6, 6.07) is 13.7. The van der Waals surface area contributed by atoms with Gasteiger partial charge in [0, 0.05) is 106 Å². The predicted octanol–water partition coefficient (Wildman–Crippen LogP) is 4.76. The summed E-state index contributed by atoms with van der Waals surface area (Å²) in [5, 5.41) is 19.3. The number of nitrogens with one attached hydrogen (secondary N) is 3. The van der Waals surface area contributed by atoms with Gasteiger partial charge >= 0.3 is 0 Å². The van der Waals surface area contributed by atoms with Gasteiger partial charge in [0.25, 0.3) is 23.3 Å². The monoisotopic (exact) mass is 1030 g/mol. The molecule has 8 heterocycles. The first-order valence-corrected chi connectivity index (χ1v) is 26.1. The molecule has 5 aromatic rings. The smallest absolute Gasteiger partial charge is 0.293 e. The van der Waals surface area contributed by atoms with E-state index in [0.29, 0.717) is 77.1 Å². The number of carbonyl (C=O) groups is 6. The first-order valence-electron chi connectivity index (χ1n) is 26.1. The van der Waals surface area contributed by atoms with E-state index in [1.807, 2.05) is 24.3 Å². The lowest BCUT2D eigenvalue weighted by molar-refractivity contribution is -0.136. The van der Waals surface area contributed by atoms with E-state index in [2.05, 4.69) is 74.5 Å². The van der Waals surface area contributed by atoms with Gasteiger partial charge in [-0.15, -0.1) is 0 Å². The second-order valence-corrected chi connectivity index (χ2v) is 21.8. The third kappa shape index (κ3) is 8.71. The van der Waals surface area contributed by atoms with Gasteiger partial charge in [0.2, 0.25) is 17.7 Å². The van der Waals surface area contributed by atoms with Crippen LogP contribution in [-0.2, 0) is 47.4 Å². The molecule has 1 aliphatic carbocycles. The summed E-state index contributed by atoms with van der Waals surface area (Å²) in [6.45, 7) is 15.8. The Bertz CT molecular complexity index is 3360. The van der Waals surface area contributed by atoms with Gasteiger partial charge in [-0.3, -0.25) is 53.6 Å². The zero-order chi connectivity index (χ0) is 53.5. The number of hydrogen-bond acceptors (Lipinski definition) is 14. The van der Waals surface area contributed by atoms with E-state index in [0.717, 1.165) is 49.4 Å². The van der Waals surface area contributed by atoms with Crippen molar-refractivity contribution >= 4 is 69.8 Å². The van der Waals surface area contributed by atoms with Crippen molar-refractivity contribution in [2.45, 2.75) is 104 Å². The van der Waals surface area contributed by atoms with Crippen LogP contribution in [0.5, 0.6) is 0 Å². The number of nitrogens with zero attached hydrogens (tertiary/aromatic N) is 9. The molecule has 394 valence electrons. The number of rotatable bonds is 11. The number of hydrogen-bond donors (Lipinski definition) is 4. The topological polar surface area (TPSA) is 228 Å². The molecule has 20 heteroatoms. The van der Waals surface area contributed by atoms with E-state index in [4.69, 9.17) is 4.98 Å². The third-order valence-corrected chi connectivity index (χ3v) is 16.2. The second kappa shape index (κ2) is 19.3. The van der Waals surface area contributed by atoms with Crippen molar-refractivity contribution in [3.8, 4) is 11.3 Å². The Balaban J connectivity index is 0.786. The number of fused-ring (bicyclic) bond motifs is 4. The molecule has 0 bridgehead atoms. The summed E-state index contributed by atoms with van der Waals surface area (Å²) < 4.78 is 3.54. The average Bonchev–Trinajstić information content (AvgIpc) is 4.06. The lowest BCUT2D eigenvalue weighted by atomic mass is 9.90. The van der Waals surface area contributed by atoms with Gasteiger partial charge in [-0.25, -0.2) is 9.97 Å². The quantitative estimate of drug-likeness (QED) is 0.103. The Morgan fingerprint density at radius 3 is 2.45 bits per heavy atom. The molecule has 2 unspecified atom stereocenters. The van der Waals surface area contributed by atoms with Crippen molar-refractivity contribution in [1.29, 1.82) is 0 Å². The molecule has 6 aliphatic rings. The van der Waals surface area contributed by atoms with Crippen LogP contribution in [-0.4, -0.2) is 126 Å². The molecule has 3 fully saturated rings. The molecule has 11 rings (SSSR count). The number of imide groups is 2. The molecule has 0 saturated carbocycles. The number of pyridine rings is 1. The maximum absolute atomic E-state index is 14.1. The van der Waals surface area contributed by atoms with Crippen LogP contribution in [0.15, 0.2) is 78.4 Å². The molecule has 0 radical (unpaired) electrons. The number of aryl methyl sites for hydroxylation is 1. The maximum Gasteiger partial charge on any atom is 0.293 e. The molecule has 4 N–H and O–H groups in total. The fraction of sp³-hybridized carbons (Fsp3) is 0.411. The number of benzene rings is 2. The lowest BCUT2D eigenvalue weighted by Gasteiger charge is -2.48. The molecule has 0 spiro atoms. The van der Waals surface area contributed by atoms with E-state index >= 15 is 0 Å². The average molecular weight is 1030 g/mol. The first kappa shape index (κ1) is 50.2. The van der Waals surface area contributed by atoms with E-state index in [1.165, 1.54) is 21.9 Å². The van der Waals surface area contributed by atoms with Crippen LogP contribution in [0.4, 0.5) is 34.4 Å². The number of piperidine rings is 2. The van der Waals surface area contributed by atoms with Crippen LogP contribution in [0.1, 0.15) is 101 Å². The fourth-order valence-electron chi connectivity index (χ4n) is 12.6. The highest BCUT2D eigenvalue weighted by atomic mass is 16.3. The zero-order valence-electron chi connectivity index (χ0n) is 43.4. The summed E-state index contributed by atoms with van der Waals surface area (Å²) in [5.41, 5.74) is 7.08. The Morgan fingerprint density at radius 1 is 0.895 bits per heavy atom. The van der Waals surface area contributed by atoms with Crippen molar-refractivity contribution in [2.24, 2.45) is 12.5 Å². The van der Waals surface area contributed by atoms with Crippen molar-refractivity contribution in [3.05, 3.63) is 118 Å². The van der Waals surface area contributed by atoms with Gasteiger partial charge in [0.1, 0.15) is 17.6 Å². The van der Waals surface area contributed by atoms with Crippen LogP contribution in [0.2, 0.25) is 0 Å². The Hall–Kier alpha value is -7.97. The summed E-state index contributed by atoms with van der Waals surface area (Å²) in [7, 11) is 1.62. The van der Waals surface area contributed by atoms with Gasteiger partial charge in [-0.1, -0.05) is 26.5 Å². The number of piperazine rings is 1. The Labute approximate surface area is 439 Å². The predicted molar refractivity (Wildman–Crippen MR) is 286 cm³/mol. The lowest BCUT2D eigenvalue weighted by Crippen LogP contribution is -2.58. The second-order valence-electron chi connectivity index (χ2n) is 21.8. The number of carbonyl (C=O) groups excluding carboxylic acids is 6. The normalized spacial score (nSPS) is 22.4. The summed E-state index contributed by atoms with van der Waals surface area (Å²) in [4.78, 5) is 112. The van der Waals surface area contributed by atoms with Crippen molar-refractivity contribution in [2.75, 3.05) is 58.1 Å². The molecule has 20 nitrogen and oxygen atoms in total. The summed E-state index contributed by atoms with van der Waals surface area (Å²) in [6.07, 6.45) is 7.95. The molecule has 3 aromatic heterocycles. The molecule has 6 amide bonds. The molecule has 4 atom stereocenters. The SMILES string of the molecule is C=CC(=O)Nc1cc(Nc2nc(-c3ccnc(N4CCn5c(cc6c5CC(C)(C)C6)C4=O)c3CO)cn(C)c2=O)ccc1N1CCN(C2CCN(c3cccc4c3C(=O)N(C3CCC(=O)NC3=O)C4=O)[C@H](C)C2)C[C@@H]1C.